The maximum absolute atomic E-state index is 12.9. The van der Waals surface area contributed by atoms with Crippen molar-refractivity contribution in [3.05, 3.63) is 53.7 Å². The van der Waals surface area contributed by atoms with Gasteiger partial charge in [-0.15, -0.1) is 11.8 Å². The second-order valence-electron chi connectivity index (χ2n) is 6.16. The Morgan fingerprint density at radius 1 is 1.23 bits per heavy atom. The van der Waals surface area contributed by atoms with Crippen molar-refractivity contribution in [2.24, 2.45) is 0 Å². The second kappa shape index (κ2) is 9.21. The van der Waals surface area contributed by atoms with E-state index in [4.69, 9.17) is 9.15 Å². The first-order chi connectivity index (χ1) is 12.6. The van der Waals surface area contributed by atoms with Crippen molar-refractivity contribution in [2.45, 2.75) is 17.9 Å². The van der Waals surface area contributed by atoms with Crippen molar-refractivity contribution in [3.63, 3.8) is 0 Å². The van der Waals surface area contributed by atoms with Crippen LogP contribution >= 0.6 is 11.8 Å². The van der Waals surface area contributed by atoms with Crippen LogP contribution < -0.4 is 5.32 Å². The summed E-state index contributed by atoms with van der Waals surface area (Å²) in [5.74, 6) is 1.67. The number of amides is 1. The van der Waals surface area contributed by atoms with Gasteiger partial charge in [0.1, 0.15) is 17.3 Å². The zero-order valence-corrected chi connectivity index (χ0v) is 15.6. The molecule has 1 aliphatic heterocycles. The van der Waals surface area contributed by atoms with Gasteiger partial charge in [0.05, 0.1) is 25.0 Å². The predicted molar refractivity (Wildman–Crippen MR) is 98.7 cm³/mol. The Morgan fingerprint density at radius 3 is 2.62 bits per heavy atom. The molecule has 0 aliphatic carbocycles. The van der Waals surface area contributed by atoms with Crippen molar-refractivity contribution >= 4 is 17.7 Å². The van der Waals surface area contributed by atoms with Crippen LogP contribution in [-0.2, 0) is 9.53 Å². The number of benzene rings is 1. The molecular weight excluding hydrogens is 355 g/mol. The molecule has 140 valence electrons. The van der Waals surface area contributed by atoms with Gasteiger partial charge in [0.15, 0.2) is 0 Å². The molecule has 5 nitrogen and oxygen atoms in total. The van der Waals surface area contributed by atoms with E-state index in [1.54, 1.807) is 12.1 Å². The number of thioether (sulfide) groups is 1. The van der Waals surface area contributed by atoms with E-state index in [0.717, 1.165) is 29.5 Å². The van der Waals surface area contributed by atoms with E-state index in [1.807, 2.05) is 19.1 Å². The monoisotopic (exact) mass is 378 g/mol. The van der Waals surface area contributed by atoms with Crippen LogP contribution in [0.1, 0.15) is 17.6 Å². The van der Waals surface area contributed by atoms with E-state index < -0.39 is 0 Å². The zero-order valence-electron chi connectivity index (χ0n) is 14.7. The van der Waals surface area contributed by atoms with Crippen LogP contribution in [0, 0.1) is 12.7 Å². The number of carbonyl (C=O) groups excluding carboxylic acids is 1. The molecule has 0 radical (unpaired) electrons. The minimum absolute atomic E-state index is 0.00706. The third-order valence-electron chi connectivity index (χ3n) is 4.25. The maximum atomic E-state index is 12.9. The molecule has 3 rings (SSSR count). The number of hydrogen-bond acceptors (Lipinski definition) is 5. The van der Waals surface area contributed by atoms with E-state index >= 15 is 0 Å². The van der Waals surface area contributed by atoms with Crippen molar-refractivity contribution < 1.29 is 18.3 Å². The molecule has 26 heavy (non-hydrogen) atoms. The second-order valence-corrected chi connectivity index (χ2v) is 7.21. The van der Waals surface area contributed by atoms with Crippen LogP contribution in [0.15, 0.2) is 45.7 Å². The molecule has 1 N–H and O–H groups in total. The summed E-state index contributed by atoms with van der Waals surface area (Å²) in [6, 6.07) is 10.0. The van der Waals surface area contributed by atoms with Crippen LogP contribution in [0.25, 0.3) is 0 Å². The van der Waals surface area contributed by atoms with Gasteiger partial charge in [0.2, 0.25) is 5.91 Å². The number of nitrogens with zero attached hydrogens (tertiary/aromatic N) is 1. The van der Waals surface area contributed by atoms with Crippen LogP contribution in [0.3, 0.4) is 0 Å². The van der Waals surface area contributed by atoms with E-state index in [0.29, 0.717) is 25.5 Å². The minimum atomic E-state index is -0.277. The number of aryl methyl sites for hydroxylation is 1. The lowest BCUT2D eigenvalue weighted by molar-refractivity contribution is -0.118. The quantitative estimate of drug-likeness (QED) is 0.751. The first kappa shape index (κ1) is 18.9. The van der Waals surface area contributed by atoms with Gasteiger partial charge in [-0.1, -0.05) is 0 Å². The molecular formula is C19H23FN2O3S. The summed E-state index contributed by atoms with van der Waals surface area (Å²) in [4.78, 5) is 15.4. The van der Waals surface area contributed by atoms with Crippen molar-refractivity contribution in [3.8, 4) is 0 Å². The van der Waals surface area contributed by atoms with Crippen LogP contribution in [-0.4, -0.2) is 49.4 Å². The molecule has 1 atom stereocenters. The third-order valence-corrected chi connectivity index (χ3v) is 5.26. The minimum Gasteiger partial charge on any atom is -0.465 e. The molecule has 1 unspecified atom stereocenters. The standard InChI is InChI=1S/C19H23FN2O3S/c1-14-2-7-18(25-14)17(22-8-10-24-11-9-22)12-21-19(23)13-26-16-5-3-15(20)4-6-16/h2-7,17H,8-13H2,1H3,(H,21,23). The van der Waals surface area contributed by atoms with E-state index in [2.05, 4.69) is 10.2 Å². The van der Waals surface area contributed by atoms with E-state index in [1.165, 1.54) is 23.9 Å². The molecule has 1 aromatic carbocycles. The van der Waals surface area contributed by atoms with Crippen LogP contribution in [0.2, 0.25) is 0 Å². The van der Waals surface area contributed by atoms with Gasteiger partial charge in [-0.3, -0.25) is 9.69 Å². The Balaban J connectivity index is 1.54. The lowest BCUT2D eigenvalue weighted by atomic mass is 10.1. The van der Waals surface area contributed by atoms with E-state index in [9.17, 15) is 9.18 Å². The largest absolute Gasteiger partial charge is 0.465 e. The lowest BCUT2D eigenvalue weighted by Gasteiger charge is -2.33. The van der Waals surface area contributed by atoms with Crippen LogP contribution in [0.4, 0.5) is 4.39 Å². The fourth-order valence-electron chi connectivity index (χ4n) is 2.87. The summed E-state index contributed by atoms with van der Waals surface area (Å²) in [7, 11) is 0. The number of nitrogens with one attached hydrogen (secondary N) is 1. The average Bonchev–Trinajstić information content (AvgIpc) is 3.08. The molecule has 2 heterocycles. The van der Waals surface area contributed by atoms with Crippen molar-refractivity contribution in [1.82, 2.24) is 10.2 Å². The summed E-state index contributed by atoms with van der Waals surface area (Å²) in [6.07, 6.45) is 0. The van der Waals surface area contributed by atoms with Gasteiger partial charge < -0.3 is 14.5 Å². The topological polar surface area (TPSA) is 54.7 Å². The fourth-order valence-corrected chi connectivity index (χ4v) is 3.60. The van der Waals surface area contributed by atoms with Gasteiger partial charge in [-0.05, 0) is 43.3 Å². The third kappa shape index (κ3) is 5.33. The number of hydrogen-bond donors (Lipinski definition) is 1. The Bertz CT molecular complexity index is 714. The van der Waals surface area contributed by atoms with Gasteiger partial charge in [0, 0.05) is 24.5 Å². The maximum Gasteiger partial charge on any atom is 0.230 e. The smallest absolute Gasteiger partial charge is 0.230 e. The lowest BCUT2D eigenvalue weighted by Crippen LogP contribution is -2.44. The summed E-state index contributed by atoms with van der Waals surface area (Å²) in [6.45, 7) is 5.39. The molecule has 2 aromatic rings. The first-order valence-corrected chi connectivity index (χ1v) is 9.63. The number of rotatable bonds is 7. The van der Waals surface area contributed by atoms with Gasteiger partial charge >= 0.3 is 0 Å². The molecule has 0 saturated carbocycles. The average molecular weight is 378 g/mol. The fraction of sp³-hybridized carbons (Fsp3) is 0.421. The summed E-state index contributed by atoms with van der Waals surface area (Å²) in [5.41, 5.74) is 0. The van der Waals surface area contributed by atoms with Crippen molar-refractivity contribution in [2.75, 3.05) is 38.6 Å². The van der Waals surface area contributed by atoms with Gasteiger partial charge in [-0.2, -0.15) is 0 Å². The molecule has 0 bridgehead atoms. The Labute approximate surface area is 156 Å². The van der Waals surface area contributed by atoms with E-state index in [-0.39, 0.29) is 17.8 Å². The summed E-state index contributed by atoms with van der Waals surface area (Å²) in [5, 5.41) is 2.99. The number of morpholine rings is 1. The highest BCUT2D eigenvalue weighted by Crippen LogP contribution is 2.23. The molecule has 7 heteroatoms. The Morgan fingerprint density at radius 2 is 1.96 bits per heavy atom. The molecule has 1 fully saturated rings. The SMILES string of the molecule is Cc1ccc(C(CNC(=O)CSc2ccc(F)cc2)N2CCOCC2)o1. The van der Waals surface area contributed by atoms with Gasteiger partial charge in [-0.25, -0.2) is 4.39 Å². The predicted octanol–water partition coefficient (Wildman–Crippen LogP) is 3.01. The first-order valence-electron chi connectivity index (χ1n) is 8.65. The highest BCUT2D eigenvalue weighted by Gasteiger charge is 2.25. The normalized spacial score (nSPS) is 16.4. The number of ether oxygens (including phenoxy) is 1. The zero-order chi connectivity index (χ0) is 18.4. The highest BCUT2D eigenvalue weighted by atomic mass is 32.2. The molecule has 0 spiro atoms. The number of halogens is 1. The highest BCUT2D eigenvalue weighted by molar-refractivity contribution is 8.00. The molecule has 1 amide bonds. The Kier molecular flexibility index (Phi) is 6.71. The van der Waals surface area contributed by atoms with Crippen molar-refractivity contribution in [1.29, 1.82) is 0 Å². The van der Waals surface area contributed by atoms with Gasteiger partial charge in [0.25, 0.3) is 0 Å². The number of carbonyl (C=O) groups is 1. The number of furan rings is 1. The summed E-state index contributed by atoms with van der Waals surface area (Å²) >= 11 is 1.39. The summed E-state index contributed by atoms with van der Waals surface area (Å²) < 4.78 is 24.1. The molecule has 1 aromatic heterocycles. The Hall–Kier alpha value is -1.83. The van der Waals surface area contributed by atoms with Crippen LogP contribution in [0.5, 0.6) is 0 Å². The molecule has 1 saturated heterocycles. The molecule has 1 aliphatic rings.